The molecule has 5 heterocycles. The molecule has 0 atom stereocenters. The fraction of sp³-hybridized carbons (Fsp3) is 0.455. The number of piperidine rings is 1. The highest BCUT2D eigenvalue weighted by molar-refractivity contribution is 5.94. The minimum Gasteiger partial charge on any atom is -0.339 e. The van der Waals surface area contributed by atoms with Crippen molar-refractivity contribution in [2.75, 3.05) is 24.5 Å². The van der Waals surface area contributed by atoms with Crippen LogP contribution in [0.25, 0.3) is 5.65 Å². The van der Waals surface area contributed by atoms with E-state index in [0.29, 0.717) is 11.2 Å². The number of likely N-dealkylation sites (tertiary alicyclic amines) is 1. The molecule has 1 amide bonds. The Hall–Kier alpha value is -3.16. The topological polar surface area (TPSA) is 75.7 Å². The van der Waals surface area contributed by atoms with Crippen LogP contribution in [0.3, 0.4) is 0 Å². The molecule has 0 bridgehead atoms. The Morgan fingerprint density at radius 1 is 1.03 bits per heavy atom. The van der Waals surface area contributed by atoms with Crippen LogP contribution in [0.5, 0.6) is 0 Å². The summed E-state index contributed by atoms with van der Waals surface area (Å²) >= 11 is 0. The van der Waals surface area contributed by atoms with Crippen LogP contribution < -0.4 is 10.6 Å². The van der Waals surface area contributed by atoms with Crippen molar-refractivity contribution in [1.82, 2.24) is 24.1 Å². The van der Waals surface area contributed by atoms with Gasteiger partial charge in [0.05, 0.1) is 5.56 Å². The molecule has 3 aromatic rings. The third-order valence-corrected chi connectivity index (χ3v) is 6.13. The van der Waals surface area contributed by atoms with Crippen molar-refractivity contribution in [2.24, 2.45) is 7.05 Å². The van der Waals surface area contributed by atoms with Crippen molar-refractivity contribution < 1.29 is 4.79 Å². The van der Waals surface area contributed by atoms with Crippen LogP contribution in [0, 0.1) is 0 Å². The third kappa shape index (κ3) is 3.26. The summed E-state index contributed by atoms with van der Waals surface area (Å²) in [6.45, 7) is 2.52. The number of hydrogen-bond acceptors (Lipinski definition) is 5. The van der Waals surface area contributed by atoms with Gasteiger partial charge in [-0.15, -0.1) is 0 Å². The maximum absolute atomic E-state index is 12.9. The number of carbonyl (C=O) groups is 1. The quantitative estimate of drug-likeness (QED) is 0.654. The number of carbonyl (C=O) groups excluding carboxylic acids is 1. The predicted octanol–water partition coefficient (Wildman–Crippen LogP) is 2.53. The molecule has 0 radical (unpaired) electrons. The first-order valence-corrected chi connectivity index (χ1v) is 10.7. The second-order valence-electron chi connectivity index (χ2n) is 8.19. The van der Waals surface area contributed by atoms with E-state index in [1.54, 1.807) is 19.4 Å². The average molecular weight is 406 g/mol. The SMILES string of the molecule is Cn1nc2cc(N3CCCCc4cc(C(=O)N5CCCCC5)cnc43)ccn2c1=O. The van der Waals surface area contributed by atoms with Crippen LogP contribution in [0.15, 0.2) is 35.4 Å². The number of hydrogen-bond donors (Lipinski definition) is 0. The maximum atomic E-state index is 12.9. The van der Waals surface area contributed by atoms with Crippen LogP contribution >= 0.6 is 0 Å². The molecule has 0 N–H and O–H groups in total. The first-order valence-electron chi connectivity index (χ1n) is 10.7. The van der Waals surface area contributed by atoms with E-state index in [9.17, 15) is 9.59 Å². The molecule has 8 heteroatoms. The van der Waals surface area contributed by atoms with Gasteiger partial charge in [-0.1, -0.05) is 0 Å². The first-order chi connectivity index (χ1) is 14.6. The van der Waals surface area contributed by atoms with E-state index in [-0.39, 0.29) is 11.6 Å². The van der Waals surface area contributed by atoms with Gasteiger partial charge in [0.25, 0.3) is 5.91 Å². The van der Waals surface area contributed by atoms with Gasteiger partial charge in [-0.2, -0.15) is 5.10 Å². The van der Waals surface area contributed by atoms with Gasteiger partial charge in [0.1, 0.15) is 5.82 Å². The Morgan fingerprint density at radius 3 is 2.67 bits per heavy atom. The van der Waals surface area contributed by atoms with Crippen molar-refractivity contribution in [2.45, 2.75) is 38.5 Å². The minimum atomic E-state index is -0.160. The zero-order valence-electron chi connectivity index (χ0n) is 17.3. The summed E-state index contributed by atoms with van der Waals surface area (Å²) in [6.07, 6.45) is 9.84. The first kappa shape index (κ1) is 18.8. The maximum Gasteiger partial charge on any atom is 0.350 e. The molecular weight excluding hydrogens is 380 g/mol. The summed E-state index contributed by atoms with van der Waals surface area (Å²) in [7, 11) is 1.65. The van der Waals surface area contributed by atoms with E-state index in [2.05, 4.69) is 10.00 Å². The van der Waals surface area contributed by atoms with Gasteiger partial charge >= 0.3 is 5.69 Å². The van der Waals surface area contributed by atoms with Gasteiger partial charge in [-0.25, -0.2) is 14.5 Å². The Bertz CT molecular complexity index is 1160. The lowest BCUT2D eigenvalue weighted by Crippen LogP contribution is -2.35. The van der Waals surface area contributed by atoms with Gasteiger partial charge in [0.2, 0.25) is 0 Å². The number of aryl methyl sites for hydroxylation is 2. The fourth-order valence-electron chi connectivity index (χ4n) is 4.51. The molecule has 3 aromatic heterocycles. The van der Waals surface area contributed by atoms with Crippen molar-refractivity contribution >= 4 is 23.1 Å². The highest BCUT2D eigenvalue weighted by atomic mass is 16.2. The van der Waals surface area contributed by atoms with E-state index >= 15 is 0 Å². The summed E-state index contributed by atoms with van der Waals surface area (Å²) in [5, 5.41) is 4.31. The molecule has 0 aromatic carbocycles. The number of amides is 1. The third-order valence-electron chi connectivity index (χ3n) is 6.13. The van der Waals surface area contributed by atoms with Gasteiger partial charge < -0.3 is 9.80 Å². The molecule has 2 aliphatic heterocycles. The molecule has 30 heavy (non-hydrogen) atoms. The molecule has 0 saturated carbocycles. The highest BCUT2D eigenvalue weighted by Crippen LogP contribution is 2.32. The van der Waals surface area contributed by atoms with Crippen molar-refractivity contribution in [3.8, 4) is 0 Å². The average Bonchev–Trinajstić information content (AvgIpc) is 2.94. The molecule has 2 aliphatic rings. The largest absolute Gasteiger partial charge is 0.350 e. The normalized spacial score (nSPS) is 17.1. The van der Waals surface area contributed by atoms with Crippen molar-refractivity contribution in [3.05, 3.63) is 52.2 Å². The minimum absolute atomic E-state index is 0.0927. The molecule has 5 rings (SSSR count). The summed E-state index contributed by atoms with van der Waals surface area (Å²) in [6, 6.07) is 5.88. The molecule has 1 saturated heterocycles. The monoisotopic (exact) mass is 406 g/mol. The Kier molecular flexibility index (Phi) is 4.77. The Labute approximate surface area is 174 Å². The van der Waals surface area contributed by atoms with Gasteiger partial charge in [0, 0.05) is 50.8 Å². The van der Waals surface area contributed by atoms with Gasteiger partial charge in [-0.3, -0.25) is 9.20 Å². The molecule has 0 aliphatic carbocycles. The lowest BCUT2D eigenvalue weighted by molar-refractivity contribution is 0.0724. The van der Waals surface area contributed by atoms with E-state index < -0.39 is 0 Å². The number of rotatable bonds is 2. The van der Waals surface area contributed by atoms with Crippen LogP contribution in [0.1, 0.15) is 48.0 Å². The molecule has 8 nitrogen and oxygen atoms in total. The van der Waals surface area contributed by atoms with E-state index in [1.165, 1.54) is 15.5 Å². The zero-order chi connectivity index (χ0) is 20.7. The number of anilines is 2. The predicted molar refractivity (Wildman–Crippen MR) is 114 cm³/mol. The summed E-state index contributed by atoms with van der Waals surface area (Å²) in [4.78, 5) is 33.9. The van der Waals surface area contributed by atoms with E-state index in [0.717, 1.165) is 68.8 Å². The lowest BCUT2D eigenvalue weighted by atomic mass is 10.1. The summed E-state index contributed by atoms with van der Waals surface area (Å²) in [5.74, 6) is 0.986. The van der Waals surface area contributed by atoms with Crippen LogP contribution in [0.4, 0.5) is 11.5 Å². The summed E-state index contributed by atoms with van der Waals surface area (Å²) < 4.78 is 2.88. The molecule has 0 unspecified atom stereocenters. The van der Waals surface area contributed by atoms with Crippen molar-refractivity contribution in [1.29, 1.82) is 0 Å². The van der Waals surface area contributed by atoms with Crippen LogP contribution in [-0.2, 0) is 13.5 Å². The zero-order valence-corrected chi connectivity index (χ0v) is 17.3. The van der Waals surface area contributed by atoms with Crippen LogP contribution in [-0.4, -0.2) is 49.6 Å². The molecular formula is C22H26N6O2. The fourth-order valence-corrected chi connectivity index (χ4v) is 4.51. The Morgan fingerprint density at radius 2 is 1.83 bits per heavy atom. The lowest BCUT2D eigenvalue weighted by Gasteiger charge is -2.27. The smallest absolute Gasteiger partial charge is 0.339 e. The number of nitrogens with zero attached hydrogens (tertiary/aromatic N) is 6. The summed E-state index contributed by atoms with van der Waals surface area (Å²) in [5.41, 5.74) is 3.20. The Balaban J connectivity index is 1.50. The van der Waals surface area contributed by atoms with Crippen LogP contribution in [0.2, 0.25) is 0 Å². The molecule has 156 valence electrons. The number of pyridine rings is 2. The van der Waals surface area contributed by atoms with Gasteiger partial charge in [0.15, 0.2) is 5.65 Å². The second-order valence-corrected chi connectivity index (χ2v) is 8.19. The number of fused-ring (bicyclic) bond motifs is 2. The van der Waals surface area contributed by atoms with E-state index in [1.807, 2.05) is 23.1 Å². The van der Waals surface area contributed by atoms with Crippen molar-refractivity contribution in [3.63, 3.8) is 0 Å². The van der Waals surface area contributed by atoms with E-state index in [4.69, 9.17) is 4.98 Å². The second kappa shape index (κ2) is 7.59. The highest BCUT2D eigenvalue weighted by Gasteiger charge is 2.23. The van der Waals surface area contributed by atoms with Gasteiger partial charge in [-0.05, 0) is 56.2 Å². The standard InChI is InChI=1S/C22H26N6O2/c1-25-22(30)28-12-8-18(14-19(28)24-25)27-11-6-3-7-16-13-17(15-23-20(16)27)21(29)26-9-4-2-5-10-26/h8,12-15H,2-7,9-11H2,1H3. The molecule has 1 fully saturated rings. The molecule has 0 spiro atoms. The number of aromatic nitrogens is 4.